The first-order valence-corrected chi connectivity index (χ1v) is 20.1. The van der Waals surface area contributed by atoms with Crippen LogP contribution in [0.25, 0.3) is 6.08 Å². The van der Waals surface area contributed by atoms with E-state index in [-0.39, 0.29) is 24.8 Å². The zero-order valence-corrected chi connectivity index (χ0v) is 33.0. The van der Waals surface area contributed by atoms with Gasteiger partial charge < -0.3 is 44.5 Å². The molecule has 3 fully saturated rings. The SMILES string of the molecule is C[C@H](O)[C@@H](NC(=O)C1=C[C@H]2OC3(Cc4ccccc4C3)O[C@H]2[C@H](OC(=O)c2cccc(C=CC3CCC4OC4C3)c2)C1)C(=O)N[C@H](CO)CCC(=O)OC(C)(C)C. The molecule has 7 rings (SSSR count). The number of carbonyl (C=O) groups excluding carboxylic acids is 4. The van der Waals surface area contributed by atoms with Gasteiger partial charge in [-0.05, 0) is 94.2 Å². The van der Waals surface area contributed by atoms with E-state index in [1.165, 1.54) is 6.92 Å². The third kappa shape index (κ3) is 10.0. The van der Waals surface area contributed by atoms with Crippen LogP contribution in [0.4, 0.5) is 0 Å². The van der Waals surface area contributed by atoms with Gasteiger partial charge in [0.05, 0.1) is 36.5 Å². The third-order valence-corrected chi connectivity index (χ3v) is 11.2. The number of epoxide rings is 1. The van der Waals surface area contributed by atoms with E-state index < -0.39 is 78.2 Å². The molecule has 3 unspecified atom stereocenters. The van der Waals surface area contributed by atoms with E-state index in [0.717, 1.165) is 36.0 Å². The first kappa shape index (κ1) is 40.8. The molecule has 2 saturated heterocycles. The summed E-state index contributed by atoms with van der Waals surface area (Å²) < 4.78 is 30.4. The van der Waals surface area contributed by atoms with E-state index in [4.69, 9.17) is 23.7 Å². The van der Waals surface area contributed by atoms with Crippen LogP contribution in [-0.2, 0) is 50.9 Å². The molecule has 0 bridgehead atoms. The number of nitrogens with one attached hydrogen (secondary N) is 2. The fourth-order valence-corrected chi connectivity index (χ4v) is 8.32. The van der Waals surface area contributed by atoms with Gasteiger partial charge in [0.25, 0.3) is 0 Å². The van der Waals surface area contributed by atoms with E-state index in [1.54, 1.807) is 45.0 Å². The summed E-state index contributed by atoms with van der Waals surface area (Å²) >= 11 is 0. The van der Waals surface area contributed by atoms with Crippen molar-refractivity contribution in [1.29, 1.82) is 0 Å². The molecule has 2 amide bonds. The number of carbonyl (C=O) groups is 4. The number of aliphatic hydroxyl groups is 2. The Kier molecular flexibility index (Phi) is 12.0. The number of hydrogen-bond donors (Lipinski definition) is 4. The Morgan fingerprint density at radius 2 is 1.75 bits per heavy atom. The molecule has 5 aliphatic rings. The molecule has 2 aliphatic heterocycles. The van der Waals surface area contributed by atoms with E-state index in [9.17, 15) is 29.4 Å². The van der Waals surface area contributed by atoms with Crippen LogP contribution >= 0.6 is 0 Å². The third-order valence-electron chi connectivity index (χ3n) is 11.2. The molecule has 9 atom stereocenters. The predicted octanol–water partition coefficient (Wildman–Crippen LogP) is 3.87. The van der Waals surface area contributed by atoms with Gasteiger partial charge >= 0.3 is 11.9 Å². The second-order valence-electron chi connectivity index (χ2n) is 17.0. The number of amides is 2. The maximum atomic E-state index is 13.9. The van der Waals surface area contributed by atoms with Crippen LogP contribution in [0, 0.1) is 5.92 Å². The molecule has 3 aliphatic carbocycles. The van der Waals surface area contributed by atoms with Gasteiger partial charge in [-0.15, -0.1) is 0 Å². The lowest BCUT2D eigenvalue weighted by Crippen LogP contribution is -2.55. The highest BCUT2D eigenvalue weighted by Gasteiger charge is 2.55. The van der Waals surface area contributed by atoms with Gasteiger partial charge in [-0.2, -0.15) is 0 Å². The first-order valence-electron chi connectivity index (χ1n) is 20.1. The molecule has 2 aromatic rings. The quantitative estimate of drug-likeness (QED) is 0.171. The van der Waals surface area contributed by atoms with Crippen molar-refractivity contribution in [3.63, 3.8) is 0 Å². The Morgan fingerprint density at radius 3 is 2.44 bits per heavy atom. The van der Waals surface area contributed by atoms with Crippen LogP contribution < -0.4 is 10.6 Å². The van der Waals surface area contributed by atoms with Gasteiger partial charge in [-0.1, -0.05) is 48.6 Å². The summed E-state index contributed by atoms with van der Waals surface area (Å²) in [4.78, 5) is 53.4. The zero-order valence-electron chi connectivity index (χ0n) is 33.0. The molecule has 13 nitrogen and oxygen atoms in total. The van der Waals surface area contributed by atoms with Gasteiger partial charge in [0.2, 0.25) is 11.8 Å². The van der Waals surface area contributed by atoms with Crippen LogP contribution in [0.1, 0.15) is 93.3 Å². The van der Waals surface area contributed by atoms with Crippen molar-refractivity contribution in [3.8, 4) is 0 Å². The summed E-state index contributed by atoms with van der Waals surface area (Å²) in [5.41, 5.74) is 2.90. The highest BCUT2D eigenvalue weighted by molar-refractivity contribution is 5.98. The normalized spacial score (nSPS) is 27.3. The average Bonchev–Trinajstić information content (AvgIpc) is 3.72. The van der Waals surface area contributed by atoms with Gasteiger partial charge in [0, 0.05) is 31.3 Å². The molecule has 306 valence electrons. The van der Waals surface area contributed by atoms with E-state index in [0.29, 0.717) is 36.5 Å². The first-order chi connectivity index (χ1) is 27.2. The average molecular weight is 787 g/mol. The van der Waals surface area contributed by atoms with Crippen molar-refractivity contribution < 1.29 is 53.1 Å². The number of allylic oxidation sites excluding steroid dienone is 1. The minimum atomic E-state index is -1.41. The number of esters is 2. The molecule has 2 heterocycles. The second-order valence-corrected chi connectivity index (χ2v) is 17.0. The fourth-order valence-electron chi connectivity index (χ4n) is 8.32. The molecule has 0 aromatic heterocycles. The summed E-state index contributed by atoms with van der Waals surface area (Å²) in [6.07, 6.45) is 7.03. The monoisotopic (exact) mass is 786 g/mol. The zero-order chi connectivity index (χ0) is 40.5. The van der Waals surface area contributed by atoms with Crippen LogP contribution in [-0.4, -0.2) is 101 Å². The maximum absolute atomic E-state index is 13.9. The molecule has 0 radical (unpaired) electrons. The summed E-state index contributed by atoms with van der Waals surface area (Å²) in [5, 5.41) is 25.8. The van der Waals surface area contributed by atoms with Crippen LogP contribution in [0.15, 0.2) is 66.3 Å². The Morgan fingerprint density at radius 1 is 1.00 bits per heavy atom. The summed E-state index contributed by atoms with van der Waals surface area (Å²) in [7, 11) is 0. The number of hydrogen-bond acceptors (Lipinski definition) is 11. The van der Waals surface area contributed by atoms with Gasteiger partial charge in [0.1, 0.15) is 30.0 Å². The molecule has 13 heteroatoms. The summed E-state index contributed by atoms with van der Waals surface area (Å²) in [5.74, 6) is -3.06. The smallest absolute Gasteiger partial charge is 0.338 e. The minimum Gasteiger partial charge on any atom is -0.460 e. The standard InChI is InChI=1S/C44H54N2O11/c1-25(48)38(41(51)45-32(24-47)15-17-37(49)56-43(2,3)4)46-40(50)31-20-35(39-36(21-31)55-44(57-39)22-29-9-5-6-10-30(29)23-44)54-42(52)28-11-7-8-26(18-28)12-13-27-14-16-33-34(19-27)53-33/h5-13,18,21,25,27,32-36,38-39,47-48H,14-17,19-20,22-24H2,1-4H3,(H,45,51)(H,46,50)/t25-,27?,32-,33?,34?,35+,36+,38+,39-/m0/s1. The highest BCUT2D eigenvalue weighted by atomic mass is 16.8. The molecular formula is C44H54N2O11. The van der Waals surface area contributed by atoms with Crippen molar-refractivity contribution in [2.24, 2.45) is 5.92 Å². The number of fused-ring (bicyclic) bond motifs is 3. The Hall–Kier alpha value is -4.40. The maximum Gasteiger partial charge on any atom is 0.338 e. The lowest BCUT2D eigenvalue weighted by Gasteiger charge is -2.31. The molecule has 1 spiro atoms. The molecule has 1 saturated carbocycles. The van der Waals surface area contributed by atoms with E-state index in [1.807, 2.05) is 36.4 Å². The van der Waals surface area contributed by atoms with Crippen LogP contribution in [0.3, 0.4) is 0 Å². The number of rotatable bonds is 13. The predicted molar refractivity (Wildman–Crippen MR) is 207 cm³/mol. The van der Waals surface area contributed by atoms with Gasteiger partial charge in [-0.3, -0.25) is 14.4 Å². The number of aliphatic hydroxyl groups excluding tert-OH is 2. The van der Waals surface area contributed by atoms with Crippen molar-refractivity contribution in [1.82, 2.24) is 10.6 Å². The number of ether oxygens (including phenoxy) is 5. The Bertz CT molecular complexity index is 1870. The fraction of sp³-hybridized carbons (Fsp3) is 0.545. The Labute approximate surface area is 333 Å². The molecule has 57 heavy (non-hydrogen) atoms. The van der Waals surface area contributed by atoms with Crippen molar-refractivity contribution in [3.05, 3.63) is 88.5 Å². The summed E-state index contributed by atoms with van der Waals surface area (Å²) in [6.45, 7) is 6.11. The van der Waals surface area contributed by atoms with Gasteiger partial charge in [-0.25, -0.2) is 4.79 Å². The number of benzene rings is 2. The van der Waals surface area contributed by atoms with Gasteiger partial charge in [0.15, 0.2) is 5.79 Å². The van der Waals surface area contributed by atoms with Crippen molar-refractivity contribution >= 4 is 29.8 Å². The topological polar surface area (TPSA) is 182 Å². The molecule has 2 aromatic carbocycles. The highest BCUT2D eigenvalue weighted by Crippen LogP contribution is 2.45. The minimum absolute atomic E-state index is 0.0417. The van der Waals surface area contributed by atoms with E-state index >= 15 is 0 Å². The van der Waals surface area contributed by atoms with Crippen molar-refractivity contribution in [2.45, 2.75) is 139 Å². The largest absolute Gasteiger partial charge is 0.460 e. The molecule has 4 N–H and O–H groups in total. The van der Waals surface area contributed by atoms with Crippen molar-refractivity contribution in [2.75, 3.05) is 6.61 Å². The van der Waals surface area contributed by atoms with E-state index in [2.05, 4.69) is 16.7 Å². The van der Waals surface area contributed by atoms with Crippen LogP contribution in [0.5, 0.6) is 0 Å². The lowest BCUT2D eigenvalue weighted by atomic mass is 9.88. The lowest BCUT2D eigenvalue weighted by molar-refractivity contribution is -0.172. The molecular weight excluding hydrogens is 732 g/mol. The Balaban J connectivity index is 1.05. The van der Waals surface area contributed by atoms with Crippen LogP contribution in [0.2, 0.25) is 0 Å². The second kappa shape index (κ2) is 16.8. The summed E-state index contributed by atoms with van der Waals surface area (Å²) in [6, 6.07) is 12.9.